The number of carbonyl (C=O) groups excluding carboxylic acids is 1. The van der Waals surface area contributed by atoms with Crippen LogP contribution in [0.1, 0.15) is 25.3 Å². The van der Waals surface area contributed by atoms with Gasteiger partial charge in [0.1, 0.15) is 0 Å². The zero-order valence-corrected chi connectivity index (χ0v) is 11.1. The van der Waals surface area contributed by atoms with Crippen LogP contribution >= 0.6 is 0 Å². The molecule has 104 valence electrons. The third kappa shape index (κ3) is 3.50. The van der Waals surface area contributed by atoms with Gasteiger partial charge in [-0.1, -0.05) is 0 Å². The summed E-state index contributed by atoms with van der Waals surface area (Å²) < 4.78 is 19.2. The molecule has 1 aromatic heterocycles. The molecule has 0 aliphatic carbocycles. The van der Waals surface area contributed by atoms with Crippen molar-refractivity contribution in [3.8, 4) is 0 Å². The van der Waals surface area contributed by atoms with Gasteiger partial charge in [0.15, 0.2) is 0 Å². The van der Waals surface area contributed by atoms with E-state index in [1.165, 1.54) is 0 Å². The molecule has 0 unspecified atom stereocenters. The zero-order chi connectivity index (χ0) is 13.7. The first-order valence-electron chi connectivity index (χ1n) is 6.61. The van der Waals surface area contributed by atoms with Crippen LogP contribution in [0.2, 0.25) is 0 Å². The molecule has 0 amide bonds. The Balaban J connectivity index is 1.87. The Morgan fingerprint density at radius 2 is 2.05 bits per heavy atom. The average molecular weight is 266 g/mol. The number of halogens is 1. The first kappa shape index (κ1) is 13.9. The van der Waals surface area contributed by atoms with Gasteiger partial charge in [-0.05, 0) is 24.6 Å². The van der Waals surface area contributed by atoms with E-state index in [0.29, 0.717) is 13.1 Å². The van der Waals surface area contributed by atoms with E-state index in [4.69, 9.17) is 4.74 Å². The predicted octanol–water partition coefficient (Wildman–Crippen LogP) is 1.95. The van der Waals surface area contributed by atoms with Gasteiger partial charge in [0.05, 0.1) is 6.61 Å². The Morgan fingerprint density at radius 1 is 1.42 bits per heavy atom. The smallest absolute Gasteiger partial charge is 0.343 e. The molecule has 1 fully saturated rings. The number of ether oxygens (including phenoxy) is 1. The maximum Gasteiger partial charge on any atom is 0.343 e. The van der Waals surface area contributed by atoms with Crippen molar-refractivity contribution in [2.45, 2.75) is 32.0 Å². The molecular formula is C14H19FN2O2. The molecule has 1 aliphatic rings. The lowest BCUT2D eigenvalue weighted by atomic mass is 9.93. The second kappa shape index (κ2) is 6.10. The van der Waals surface area contributed by atoms with Gasteiger partial charge in [-0.15, -0.1) is 0 Å². The number of nitrogens with zero attached hydrogens (tertiary/aromatic N) is 2. The van der Waals surface area contributed by atoms with E-state index >= 15 is 0 Å². The number of pyridine rings is 1. The second-order valence-corrected chi connectivity index (χ2v) is 4.82. The van der Waals surface area contributed by atoms with E-state index in [-0.39, 0.29) is 19.4 Å². The van der Waals surface area contributed by atoms with Gasteiger partial charge in [-0.3, -0.25) is 9.88 Å². The third-order valence-corrected chi connectivity index (χ3v) is 3.45. The molecule has 0 radical (unpaired) electrons. The average Bonchev–Trinajstić information content (AvgIpc) is 2.43. The predicted molar refractivity (Wildman–Crippen MR) is 69.2 cm³/mol. The van der Waals surface area contributed by atoms with Gasteiger partial charge >= 0.3 is 5.97 Å². The minimum Gasteiger partial charge on any atom is -0.464 e. The van der Waals surface area contributed by atoms with Crippen molar-refractivity contribution in [1.29, 1.82) is 0 Å². The maximum atomic E-state index is 14.4. The van der Waals surface area contributed by atoms with Gasteiger partial charge in [0.2, 0.25) is 5.67 Å². The fourth-order valence-electron chi connectivity index (χ4n) is 2.28. The maximum absolute atomic E-state index is 14.4. The minimum absolute atomic E-state index is 0.205. The van der Waals surface area contributed by atoms with Crippen LogP contribution in [0.15, 0.2) is 24.5 Å². The quantitative estimate of drug-likeness (QED) is 0.781. The number of hydrogen-bond acceptors (Lipinski definition) is 4. The lowest BCUT2D eigenvalue weighted by Crippen LogP contribution is -2.46. The highest BCUT2D eigenvalue weighted by Crippen LogP contribution is 2.28. The summed E-state index contributed by atoms with van der Waals surface area (Å²) in [5.41, 5.74) is -0.650. The number of esters is 1. The number of carbonyl (C=O) groups is 1. The Bertz CT molecular complexity index is 417. The second-order valence-electron chi connectivity index (χ2n) is 4.82. The highest BCUT2D eigenvalue weighted by molar-refractivity contribution is 5.79. The fourth-order valence-corrected chi connectivity index (χ4v) is 2.28. The summed E-state index contributed by atoms with van der Waals surface area (Å²) in [5.74, 6) is -0.710. The van der Waals surface area contributed by atoms with Crippen LogP contribution in [-0.2, 0) is 16.1 Å². The van der Waals surface area contributed by atoms with Gasteiger partial charge in [0.25, 0.3) is 0 Å². The SMILES string of the molecule is CCOC(=O)C1(F)CCN(Cc2ccncc2)CC1. The van der Waals surface area contributed by atoms with E-state index < -0.39 is 11.6 Å². The summed E-state index contributed by atoms with van der Waals surface area (Å²) in [6.07, 6.45) is 3.91. The largest absolute Gasteiger partial charge is 0.464 e. The molecule has 19 heavy (non-hydrogen) atoms. The fraction of sp³-hybridized carbons (Fsp3) is 0.571. The molecule has 0 bridgehead atoms. The first-order chi connectivity index (χ1) is 9.14. The Labute approximate surface area is 112 Å². The minimum atomic E-state index is -1.80. The summed E-state index contributed by atoms with van der Waals surface area (Å²) in [6.45, 7) is 3.82. The molecule has 0 N–H and O–H groups in total. The number of piperidine rings is 1. The molecule has 4 nitrogen and oxygen atoms in total. The van der Waals surface area contributed by atoms with Crippen LogP contribution in [0.5, 0.6) is 0 Å². The van der Waals surface area contributed by atoms with Crippen molar-refractivity contribution in [3.05, 3.63) is 30.1 Å². The van der Waals surface area contributed by atoms with Crippen molar-refractivity contribution in [2.24, 2.45) is 0 Å². The highest BCUT2D eigenvalue weighted by atomic mass is 19.1. The third-order valence-electron chi connectivity index (χ3n) is 3.45. The van der Waals surface area contributed by atoms with E-state index in [1.54, 1.807) is 19.3 Å². The summed E-state index contributed by atoms with van der Waals surface area (Å²) in [4.78, 5) is 17.7. The molecule has 2 heterocycles. The molecular weight excluding hydrogens is 247 g/mol. The van der Waals surface area contributed by atoms with Crippen LogP contribution in [0, 0.1) is 0 Å². The van der Waals surface area contributed by atoms with Crippen LogP contribution in [0.4, 0.5) is 4.39 Å². The monoisotopic (exact) mass is 266 g/mol. The zero-order valence-electron chi connectivity index (χ0n) is 11.1. The molecule has 2 rings (SSSR count). The molecule has 5 heteroatoms. The molecule has 0 atom stereocenters. The lowest BCUT2D eigenvalue weighted by molar-refractivity contribution is -0.160. The van der Waals surface area contributed by atoms with Crippen molar-refractivity contribution < 1.29 is 13.9 Å². The van der Waals surface area contributed by atoms with Crippen molar-refractivity contribution in [1.82, 2.24) is 9.88 Å². The van der Waals surface area contributed by atoms with Crippen molar-refractivity contribution >= 4 is 5.97 Å². The number of alkyl halides is 1. The number of rotatable bonds is 4. The van der Waals surface area contributed by atoms with Crippen LogP contribution in [0.3, 0.4) is 0 Å². The number of aromatic nitrogens is 1. The van der Waals surface area contributed by atoms with E-state index in [1.807, 2.05) is 12.1 Å². The first-order valence-corrected chi connectivity index (χ1v) is 6.61. The van der Waals surface area contributed by atoms with Gasteiger partial charge in [-0.25, -0.2) is 9.18 Å². The molecule has 0 spiro atoms. The Kier molecular flexibility index (Phi) is 4.47. The van der Waals surface area contributed by atoms with E-state index in [9.17, 15) is 9.18 Å². The number of likely N-dealkylation sites (tertiary alicyclic amines) is 1. The Hall–Kier alpha value is -1.49. The van der Waals surface area contributed by atoms with Crippen LogP contribution in [0.25, 0.3) is 0 Å². The summed E-state index contributed by atoms with van der Waals surface area (Å²) in [6, 6.07) is 3.89. The Morgan fingerprint density at radius 3 is 2.63 bits per heavy atom. The molecule has 0 saturated carbocycles. The molecule has 1 aliphatic heterocycles. The number of hydrogen-bond donors (Lipinski definition) is 0. The summed E-state index contributed by atoms with van der Waals surface area (Å²) >= 11 is 0. The lowest BCUT2D eigenvalue weighted by Gasteiger charge is -2.34. The molecule has 1 saturated heterocycles. The van der Waals surface area contributed by atoms with Crippen molar-refractivity contribution in [3.63, 3.8) is 0 Å². The molecule has 0 aromatic carbocycles. The topological polar surface area (TPSA) is 42.4 Å². The standard InChI is InChI=1S/C14H19FN2O2/c1-2-19-13(18)14(15)5-9-17(10-6-14)11-12-3-7-16-8-4-12/h3-4,7-8H,2,5-6,9-11H2,1H3. The van der Waals surface area contributed by atoms with Crippen LogP contribution in [-0.4, -0.2) is 41.2 Å². The van der Waals surface area contributed by atoms with E-state index in [2.05, 4.69) is 9.88 Å². The summed E-state index contributed by atoms with van der Waals surface area (Å²) in [5, 5.41) is 0. The van der Waals surface area contributed by atoms with Gasteiger partial charge in [-0.2, -0.15) is 0 Å². The van der Waals surface area contributed by atoms with Gasteiger partial charge in [0, 0.05) is 44.9 Å². The van der Waals surface area contributed by atoms with E-state index in [0.717, 1.165) is 12.1 Å². The van der Waals surface area contributed by atoms with Gasteiger partial charge < -0.3 is 4.74 Å². The normalized spacial score (nSPS) is 19.1. The highest BCUT2D eigenvalue weighted by Gasteiger charge is 2.42. The van der Waals surface area contributed by atoms with Crippen LogP contribution < -0.4 is 0 Å². The summed E-state index contributed by atoms with van der Waals surface area (Å²) in [7, 11) is 0. The van der Waals surface area contributed by atoms with Crippen molar-refractivity contribution in [2.75, 3.05) is 19.7 Å². The molecule has 1 aromatic rings.